The van der Waals surface area contributed by atoms with Crippen LogP contribution in [0.3, 0.4) is 0 Å². The minimum atomic E-state index is -0.251. The van der Waals surface area contributed by atoms with Crippen LogP contribution in [0.1, 0.15) is 22.4 Å². The largest absolute Gasteiger partial charge is 0.347 e. The molecule has 2 N–H and O–H groups in total. The fraction of sp³-hybridized carbons (Fsp3) is 0.333. The average molecular weight is 268 g/mol. The summed E-state index contributed by atoms with van der Waals surface area (Å²) in [6, 6.07) is 8.42. The van der Waals surface area contributed by atoms with Gasteiger partial charge in [-0.3, -0.25) is 0 Å². The van der Waals surface area contributed by atoms with Gasteiger partial charge in [0.2, 0.25) is 0 Å². The number of hydrogen-bond acceptors (Lipinski definition) is 4. The molecule has 0 unspecified atom stereocenters. The van der Waals surface area contributed by atoms with E-state index in [-0.39, 0.29) is 5.69 Å². The number of aromatic amines is 1. The van der Waals surface area contributed by atoms with Gasteiger partial charge in [-0.15, -0.1) is 0 Å². The Morgan fingerprint density at radius 3 is 2.65 bits per heavy atom. The zero-order chi connectivity index (χ0) is 13.5. The SMILES string of the molecule is O=c1nc(N2Cc3ccccc3C2)c2c([nH]1)CNCC2. The van der Waals surface area contributed by atoms with Crippen molar-refractivity contribution in [3.63, 3.8) is 0 Å². The van der Waals surface area contributed by atoms with Crippen LogP contribution in [-0.4, -0.2) is 16.5 Å². The lowest BCUT2D eigenvalue weighted by atomic mass is 10.1. The van der Waals surface area contributed by atoms with Crippen molar-refractivity contribution in [2.75, 3.05) is 11.4 Å². The Labute approximate surface area is 116 Å². The maximum Gasteiger partial charge on any atom is 0.347 e. The molecule has 2 aliphatic heterocycles. The molecule has 0 radical (unpaired) electrons. The van der Waals surface area contributed by atoms with Crippen molar-refractivity contribution < 1.29 is 0 Å². The number of fused-ring (bicyclic) bond motifs is 2. The normalized spacial score (nSPS) is 16.9. The van der Waals surface area contributed by atoms with Gasteiger partial charge in [0.1, 0.15) is 5.82 Å². The number of aromatic nitrogens is 2. The number of nitrogens with one attached hydrogen (secondary N) is 2. The molecule has 5 heteroatoms. The molecule has 102 valence electrons. The monoisotopic (exact) mass is 268 g/mol. The lowest BCUT2D eigenvalue weighted by molar-refractivity contribution is 0.615. The van der Waals surface area contributed by atoms with Crippen molar-refractivity contribution in [2.24, 2.45) is 0 Å². The van der Waals surface area contributed by atoms with Crippen LogP contribution in [0.2, 0.25) is 0 Å². The molecule has 0 atom stereocenters. The predicted octanol–water partition coefficient (Wildman–Crippen LogP) is 0.936. The molecule has 0 aliphatic carbocycles. The van der Waals surface area contributed by atoms with Crippen molar-refractivity contribution in [2.45, 2.75) is 26.1 Å². The molecule has 5 nitrogen and oxygen atoms in total. The minimum absolute atomic E-state index is 0.251. The van der Waals surface area contributed by atoms with Gasteiger partial charge in [-0.1, -0.05) is 24.3 Å². The van der Waals surface area contributed by atoms with E-state index in [0.717, 1.165) is 44.1 Å². The van der Waals surface area contributed by atoms with E-state index in [4.69, 9.17) is 0 Å². The summed E-state index contributed by atoms with van der Waals surface area (Å²) in [6.07, 6.45) is 0.918. The number of hydrogen-bond donors (Lipinski definition) is 2. The van der Waals surface area contributed by atoms with E-state index in [1.54, 1.807) is 0 Å². The summed E-state index contributed by atoms with van der Waals surface area (Å²) in [5.41, 5.74) is 4.59. The topological polar surface area (TPSA) is 61.0 Å². The van der Waals surface area contributed by atoms with E-state index in [2.05, 4.69) is 44.5 Å². The van der Waals surface area contributed by atoms with Crippen molar-refractivity contribution in [3.8, 4) is 0 Å². The molecule has 20 heavy (non-hydrogen) atoms. The van der Waals surface area contributed by atoms with Crippen LogP contribution in [-0.2, 0) is 26.1 Å². The molecule has 1 aromatic heterocycles. The standard InChI is InChI=1S/C15H16N4O/c20-15-17-13-7-16-6-5-12(13)14(18-15)19-8-10-3-1-2-4-11(10)9-19/h1-4,16H,5-9H2,(H,17,18,20). The van der Waals surface area contributed by atoms with E-state index >= 15 is 0 Å². The van der Waals surface area contributed by atoms with Gasteiger partial charge in [0.25, 0.3) is 0 Å². The van der Waals surface area contributed by atoms with E-state index in [0.29, 0.717) is 0 Å². The Morgan fingerprint density at radius 1 is 1.15 bits per heavy atom. The smallest absolute Gasteiger partial charge is 0.347 e. The predicted molar refractivity (Wildman–Crippen MR) is 76.6 cm³/mol. The first-order valence-corrected chi connectivity index (χ1v) is 6.96. The molecular weight excluding hydrogens is 252 g/mol. The molecule has 2 aromatic rings. The van der Waals surface area contributed by atoms with Crippen LogP contribution in [0.15, 0.2) is 29.1 Å². The van der Waals surface area contributed by atoms with Crippen molar-refractivity contribution >= 4 is 5.82 Å². The number of rotatable bonds is 1. The van der Waals surface area contributed by atoms with Crippen LogP contribution >= 0.6 is 0 Å². The maximum absolute atomic E-state index is 11.8. The van der Waals surface area contributed by atoms with Gasteiger partial charge in [0.05, 0.1) is 0 Å². The highest BCUT2D eigenvalue weighted by atomic mass is 16.1. The van der Waals surface area contributed by atoms with Gasteiger partial charge in [-0.25, -0.2) is 4.79 Å². The fourth-order valence-corrected chi connectivity index (χ4v) is 3.12. The van der Waals surface area contributed by atoms with Crippen LogP contribution in [0.5, 0.6) is 0 Å². The minimum Gasteiger partial charge on any atom is -0.347 e. The highest BCUT2D eigenvalue weighted by molar-refractivity contribution is 5.53. The lowest BCUT2D eigenvalue weighted by Gasteiger charge is -2.24. The van der Waals surface area contributed by atoms with E-state index < -0.39 is 0 Å². The first-order valence-electron chi connectivity index (χ1n) is 6.96. The first kappa shape index (κ1) is 11.7. The number of H-pyrrole nitrogens is 1. The second-order valence-corrected chi connectivity index (χ2v) is 5.37. The fourth-order valence-electron chi connectivity index (χ4n) is 3.12. The second-order valence-electron chi connectivity index (χ2n) is 5.37. The van der Waals surface area contributed by atoms with E-state index in [1.165, 1.54) is 16.7 Å². The van der Waals surface area contributed by atoms with E-state index in [9.17, 15) is 4.79 Å². The summed E-state index contributed by atoms with van der Waals surface area (Å²) in [7, 11) is 0. The van der Waals surface area contributed by atoms with Gasteiger partial charge < -0.3 is 15.2 Å². The molecule has 0 spiro atoms. The summed E-state index contributed by atoms with van der Waals surface area (Å²) < 4.78 is 0. The zero-order valence-corrected chi connectivity index (χ0v) is 11.1. The Bertz CT molecular complexity index is 697. The van der Waals surface area contributed by atoms with Gasteiger partial charge in [0, 0.05) is 30.9 Å². The molecule has 0 bridgehead atoms. The summed E-state index contributed by atoms with van der Waals surface area (Å²) >= 11 is 0. The van der Waals surface area contributed by atoms with Crippen LogP contribution in [0.25, 0.3) is 0 Å². The van der Waals surface area contributed by atoms with Crippen molar-refractivity contribution in [1.82, 2.24) is 15.3 Å². The molecule has 4 rings (SSSR count). The highest BCUT2D eigenvalue weighted by Crippen LogP contribution is 2.30. The maximum atomic E-state index is 11.8. The summed E-state index contributed by atoms with van der Waals surface area (Å²) in [6.45, 7) is 3.34. The summed E-state index contributed by atoms with van der Waals surface area (Å²) in [5, 5.41) is 3.29. The molecule has 0 fully saturated rings. The van der Waals surface area contributed by atoms with Crippen molar-refractivity contribution in [3.05, 3.63) is 57.1 Å². The molecule has 0 saturated heterocycles. The first-order chi connectivity index (χ1) is 9.81. The average Bonchev–Trinajstić information content (AvgIpc) is 2.90. The second kappa shape index (κ2) is 4.45. The highest BCUT2D eigenvalue weighted by Gasteiger charge is 2.25. The van der Waals surface area contributed by atoms with E-state index in [1.807, 2.05) is 0 Å². The Balaban J connectivity index is 1.77. The lowest BCUT2D eigenvalue weighted by Crippen LogP contribution is -2.32. The number of nitrogens with zero attached hydrogens (tertiary/aromatic N) is 2. The molecule has 1 aromatic carbocycles. The number of anilines is 1. The Hall–Kier alpha value is -2.14. The Morgan fingerprint density at radius 2 is 1.90 bits per heavy atom. The van der Waals surface area contributed by atoms with Crippen LogP contribution in [0, 0.1) is 0 Å². The third-order valence-electron chi connectivity index (χ3n) is 4.09. The van der Waals surface area contributed by atoms with Crippen LogP contribution < -0.4 is 15.9 Å². The third-order valence-corrected chi connectivity index (χ3v) is 4.09. The summed E-state index contributed by atoms with van der Waals surface area (Å²) in [4.78, 5) is 21.1. The van der Waals surface area contributed by atoms with Gasteiger partial charge in [-0.2, -0.15) is 4.98 Å². The summed E-state index contributed by atoms with van der Waals surface area (Å²) in [5.74, 6) is 0.862. The molecule has 2 aliphatic rings. The molecule has 0 amide bonds. The quantitative estimate of drug-likeness (QED) is 0.808. The third kappa shape index (κ3) is 1.82. The molecule has 0 saturated carbocycles. The molecular formula is C15H16N4O. The Kier molecular flexibility index (Phi) is 2.60. The van der Waals surface area contributed by atoms with Crippen LogP contribution in [0.4, 0.5) is 5.82 Å². The van der Waals surface area contributed by atoms with Gasteiger partial charge in [0.15, 0.2) is 0 Å². The zero-order valence-electron chi connectivity index (χ0n) is 11.1. The van der Waals surface area contributed by atoms with Gasteiger partial charge >= 0.3 is 5.69 Å². The number of benzene rings is 1. The van der Waals surface area contributed by atoms with Gasteiger partial charge in [-0.05, 0) is 24.1 Å². The molecule has 3 heterocycles. The van der Waals surface area contributed by atoms with Crippen molar-refractivity contribution in [1.29, 1.82) is 0 Å².